The van der Waals surface area contributed by atoms with Crippen LogP contribution in [0.1, 0.15) is 11.3 Å². The molecule has 0 atom stereocenters. The van der Waals surface area contributed by atoms with Gasteiger partial charge in [0.25, 0.3) is 0 Å². The summed E-state index contributed by atoms with van der Waals surface area (Å²) < 4.78 is 12.9. The van der Waals surface area contributed by atoms with E-state index in [4.69, 9.17) is 5.73 Å². The molecule has 0 aliphatic carbocycles. The lowest BCUT2D eigenvalue weighted by atomic mass is 10.1. The second-order valence-corrected chi connectivity index (χ2v) is 3.24. The molecule has 0 unspecified atom stereocenters. The molecule has 2 rings (SSSR count). The molecule has 4 heteroatoms. The molecule has 3 nitrogen and oxygen atoms in total. The molecule has 0 fully saturated rings. The van der Waals surface area contributed by atoms with Gasteiger partial charge in [0, 0.05) is 12.5 Å². The molecule has 0 bridgehead atoms. The highest BCUT2D eigenvalue weighted by Gasteiger charge is 1.99. The normalized spacial score (nSPS) is 10.2. The van der Waals surface area contributed by atoms with E-state index in [1.807, 2.05) is 6.07 Å². The average molecular weight is 203 g/mol. The highest BCUT2D eigenvalue weighted by Crippen LogP contribution is 2.09. The molecule has 0 aliphatic heterocycles. The van der Waals surface area contributed by atoms with Crippen molar-refractivity contribution in [3.8, 4) is 0 Å². The second-order valence-electron chi connectivity index (χ2n) is 3.24. The Hall–Kier alpha value is -1.97. The summed E-state index contributed by atoms with van der Waals surface area (Å²) in [6.07, 6.45) is 1.97. The first-order valence-electron chi connectivity index (χ1n) is 4.55. The summed E-state index contributed by atoms with van der Waals surface area (Å²) in [5.41, 5.74) is 7.17. The number of anilines is 1. The lowest BCUT2D eigenvalue weighted by Crippen LogP contribution is -1.97. The van der Waals surface area contributed by atoms with Gasteiger partial charge in [0.2, 0.25) is 0 Å². The van der Waals surface area contributed by atoms with E-state index < -0.39 is 0 Å². The molecule has 1 heterocycles. The fraction of sp³-hybridized carbons (Fsp3) is 0.0909. The highest BCUT2D eigenvalue weighted by atomic mass is 19.1. The smallest absolute Gasteiger partial charge is 0.127 e. The van der Waals surface area contributed by atoms with Crippen molar-refractivity contribution < 1.29 is 4.39 Å². The van der Waals surface area contributed by atoms with Crippen molar-refractivity contribution in [3.63, 3.8) is 0 Å². The highest BCUT2D eigenvalue weighted by molar-refractivity contribution is 5.31. The first-order chi connectivity index (χ1) is 7.24. The predicted molar refractivity (Wildman–Crippen MR) is 55.7 cm³/mol. The van der Waals surface area contributed by atoms with Crippen LogP contribution in [-0.4, -0.2) is 9.97 Å². The van der Waals surface area contributed by atoms with E-state index in [9.17, 15) is 4.39 Å². The molecule has 2 N–H and O–H groups in total. The number of hydrogen-bond acceptors (Lipinski definition) is 3. The summed E-state index contributed by atoms with van der Waals surface area (Å²) in [6.45, 7) is 0. The van der Waals surface area contributed by atoms with Crippen LogP contribution in [0.15, 0.2) is 36.7 Å². The van der Waals surface area contributed by atoms with Crippen LogP contribution in [0, 0.1) is 5.82 Å². The van der Waals surface area contributed by atoms with Gasteiger partial charge in [-0.2, -0.15) is 0 Å². The fourth-order valence-electron chi connectivity index (χ4n) is 1.37. The molecule has 2 aromatic rings. The van der Waals surface area contributed by atoms with Crippen LogP contribution < -0.4 is 5.73 Å². The minimum atomic E-state index is -0.241. The maximum atomic E-state index is 12.9. The quantitative estimate of drug-likeness (QED) is 0.809. The van der Waals surface area contributed by atoms with E-state index >= 15 is 0 Å². The van der Waals surface area contributed by atoms with Gasteiger partial charge in [-0.1, -0.05) is 12.1 Å². The Bertz CT molecular complexity index is 427. The van der Waals surface area contributed by atoms with E-state index in [2.05, 4.69) is 9.97 Å². The average Bonchev–Trinajstić information content (AvgIpc) is 2.17. The molecular formula is C11H10FN3. The van der Waals surface area contributed by atoms with Crippen molar-refractivity contribution in [2.24, 2.45) is 0 Å². The topological polar surface area (TPSA) is 51.8 Å². The van der Waals surface area contributed by atoms with Crippen molar-refractivity contribution in [1.29, 1.82) is 0 Å². The predicted octanol–water partition coefficient (Wildman–Crippen LogP) is 1.79. The Morgan fingerprint density at radius 1 is 1.20 bits per heavy atom. The minimum Gasteiger partial charge on any atom is -0.384 e. The number of hydrogen-bond donors (Lipinski definition) is 1. The summed E-state index contributed by atoms with van der Waals surface area (Å²) in [5, 5.41) is 0. The van der Waals surface area contributed by atoms with Gasteiger partial charge in [0.1, 0.15) is 18.0 Å². The van der Waals surface area contributed by atoms with Crippen molar-refractivity contribution in [2.45, 2.75) is 6.42 Å². The fourth-order valence-corrected chi connectivity index (χ4v) is 1.37. The van der Waals surface area contributed by atoms with Crippen LogP contribution >= 0.6 is 0 Å². The number of benzene rings is 1. The molecular weight excluding hydrogens is 193 g/mol. The summed E-state index contributed by atoms with van der Waals surface area (Å²) in [6, 6.07) is 8.11. The molecule has 0 spiro atoms. The number of halogens is 1. The SMILES string of the molecule is Nc1cc(Cc2cccc(F)c2)ncn1. The molecule has 0 amide bonds. The summed E-state index contributed by atoms with van der Waals surface area (Å²) in [4.78, 5) is 7.84. The van der Waals surface area contributed by atoms with Gasteiger partial charge in [-0.05, 0) is 17.7 Å². The van der Waals surface area contributed by atoms with E-state index in [1.54, 1.807) is 12.1 Å². The van der Waals surface area contributed by atoms with Crippen LogP contribution in [-0.2, 0) is 6.42 Å². The van der Waals surface area contributed by atoms with Crippen molar-refractivity contribution in [3.05, 3.63) is 53.7 Å². The maximum Gasteiger partial charge on any atom is 0.127 e. The zero-order valence-corrected chi connectivity index (χ0v) is 8.02. The lowest BCUT2D eigenvalue weighted by molar-refractivity contribution is 0.626. The number of nitrogens with two attached hydrogens (primary N) is 1. The van der Waals surface area contributed by atoms with E-state index in [1.165, 1.54) is 18.5 Å². The minimum absolute atomic E-state index is 0.241. The monoisotopic (exact) mass is 203 g/mol. The Kier molecular flexibility index (Phi) is 2.58. The third kappa shape index (κ3) is 2.49. The summed E-state index contributed by atoms with van der Waals surface area (Å²) in [7, 11) is 0. The number of nitrogens with zero attached hydrogens (tertiary/aromatic N) is 2. The van der Waals surface area contributed by atoms with E-state index in [0.717, 1.165) is 11.3 Å². The Balaban J connectivity index is 2.22. The first-order valence-corrected chi connectivity index (χ1v) is 4.55. The Morgan fingerprint density at radius 3 is 2.80 bits per heavy atom. The van der Waals surface area contributed by atoms with Gasteiger partial charge < -0.3 is 5.73 Å². The molecule has 0 saturated heterocycles. The van der Waals surface area contributed by atoms with Gasteiger partial charge in [-0.3, -0.25) is 0 Å². The van der Waals surface area contributed by atoms with Crippen LogP contribution in [0.5, 0.6) is 0 Å². The molecule has 0 aliphatic rings. The van der Waals surface area contributed by atoms with E-state index in [0.29, 0.717) is 12.2 Å². The molecule has 0 saturated carbocycles. The van der Waals surface area contributed by atoms with Crippen LogP contribution in [0.3, 0.4) is 0 Å². The zero-order valence-electron chi connectivity index (χ0n) is 8.02. The number of rotatable bonds is 2. The number of aromatic nitrogens is 2. The molecule has 15 heavy (non-hydrogen) atoms. The van der Waals surface area contributed by atoms with Gasteiger partial charge in [-0.25, -0.2) is 14.4 Å². The lowest BCUT2D eigenvalue weighted by Gasteiger charge is -2.01. The zero-order chi connectivity index (χ0) is 10.7. The molecule has 1 aromatic carbocycles. The largest absolute Gasteiger partial charge is 0.384 e. The van der Waals surface area contributed by atoms with Crippen molar-refractivity contribution in [1.82, 2.24) is 9.97 Å². The van der Waals surface area contributed by atoms with Crippen molar-refractivity contribution in [2.75, 3.05) is 5.73 Å². The Morgan fingerprint density at radius 2 is 2.07 bits per heavy atom. The second kappa shape index (κ2) is 4.04. The van der Waals surface area contributed by atoms with Crippen molar-refractivity contribution >= 4 is 5.82 Å². The molecule has 1 aromatic heterocycles. The maximum absolute atomic E-state index is 12.9. The van der Waals surface area contributed by atoms with Gasteiger partial charge in [0.05, 0.1) is 5.69 Å². The number of nitrogen functional groups attached to an aromatic ring is 1. The summed E-state index contributed by atoms with van der Waals surface area (Å²) in [5.74, 6) is 0.186. The van der Waals surface area contributed by atoms with E-state index in [-0.39, 0.29) is 5.82 Å². The molecule has 76 valence electrons. The van der Waals surface area contributed by atoms with Crippen LogP contribution in [0.25, 0.3) is 0 Å². The standard InChI is InChI=1S/C11H10FN3/c12-9-3-1-2-8(4-9)5-10-6-11(13)15-7-14-10/h1-4,6-7H,5H2,(H2,13,14,15). The molecule has 0 radical (unpaired) electrons. The summed E-state index contributed by atoms with van der Waals surface area (Å²) >= 11 is 0. The Labute approximate surface area is 86.8 Å². The third-order valence-electron chi connectivity index (χ3n) is 2.02. The van der Waals surface area contributed by atoms with Gasteiger partial charge >= 0.3 is 0 Å². The van der Waals surface area contributed by atoms with Gasteiger partial charge in [0.15, 0.2) is 0 Å². The first kappa shape index (κ1) is 9.58. The van der Waals surface area contributed by atoms with Gasteiger partial charge in [-0.15, -0.1) is 0 Å². The third-order valence-corrected chi connectivity index (χ3v) is 2.02. The van der Waals surface area contributed by atoms with Crippen LogP contribution in [0.4, 0.5) is 10.2 Å². The van der Waals surface area contributed by atoms with Crippen LogP contribution in [0.2, 0.25) is 0 Å².